The van der Waals surface area contributed by atoms with Crippen LogP contribution in [-0.4, -0.2) is 22.2 Å². The quantitative estimate of drug-likeness (QED) is 0.441. The fourth-order valence-corrected chi connectivity index (χ4v) is 1.83. The van der Waals surface area contributed by atoms with Crippen LogP contribution in [0.1, 0.15) is 17.5 Å². The maximum atomic E-state index is 12.9. The highest BCUT2D eigenvalue weighted by Gasteiger charge is 2.13. The Morgan fingerprint density at radius 2 is 1.32 bits per heavy atom. The van der Waals surface area contributed by atoms with Gasteiger partial charge in [-0.05, 0) is 36.3 Å². The standard InChI is InChI=1S/C9H7F3O2.C9H5F3O2/c2*10-6-3-1-5(2-4-7(13)14)8(11)9(6)12/h1,3H,2,4H2,(H,13,14);1-4H,(H,13,14). The molecular formula is C18H12F6O4. The molecule has 0 saturated carbocycles. The van der Waals surface area contributed by atoms with Crippen LogP contribution in [0.4, 0.5) is 26.3 Å². The maximum Gasteiger partial charge on any atom is 0.328 e. The van der Waals surface area contributed by atoms with Gasteiger partial charge in [-0.1, -0.05) is 6.07 Å². The minimum Gasteiger partial charge on any atom is -0.481 e. The summed E-state index contributed by atoms with van der Waals surface area (Å²) in [5.74, 6) is -10.9. The number of hydrogen-bond donors (Lipinski definition) is 2. The molecule has 0 unspecified atom stereocenters. The lowest BCUT2D eigenvalue weighted by Gasteiger charge is -2.02. The summed E-state index contributed by atoms with van der Waals surface area (Å²) in [7, 11) is 0. The van der Waals surface area contributed by atoms with Gasteiger partial charge < -0.3 is 10.2 Å². The summed E-state index contributed by atoms with van der Waals surface area (Å²) in [6, 6.07) is 3.49. The van der Waals surface area contributed by atoms with Crippen molar-refractivity contribution in [1.82, 2.24) is 0 Å². The maximum absolute atomic E-state index is 12.9. The number of halogens is 6. The van der Waals surface area contributed by atoms with Gasteiger partial charge in [0.1, 0.15) is 0 Å². The highest BCUT2D eigenvalue weighted by atomic mass is 19.2. The first-order valence-corrected chi connectivity index (χ1v) is 7.43. The summed E-state index contributed by atoms with van der Waals surface area (Å²) in [4.78, 5) is 20.2. The zero-order chi connectivity index (χ0) is 21.4. The zero-order valence-corrected chi connectivity index (χ0v) is 13.9. The van der Waals surface area contributed by atoms with Crippen molar-refractivity contribution >= 4 is 18.0 Å². The van der Waals surface area contributed by atoms with Crippen molar-refractivity contribution in [2.24, 2.45) is 0 Å². The normalized spacial score (nSPS) is 10.5. The number of benzene rings is 2. The van der Waals surface area contributed by atoms with E-state index in [4.69, 9.17) is 10.2 Å². The minimum absolute atomic E-state index is 0.133. The number of rotatable bonds is 5. The van der Waals surface area contributed by atoms with Crippen LogP contribution in [0.15, 0.2) is 30.3 Å². The number of carboxylic acids is 2. The highest BCUT2D eigenvalue weighted by molar-refractivity contribution is 5.85. The van der Waals surface area contributed by atoms with Crippen molar-refractivity contribution in [1.29, 1.82) is 0 Å². The Morgan fingerprint density at radius 1 is 0.786 bits per heavy atom. The molecule has 2 rings (SSSR count). The molecule has 0 spiro atoms. The van der Waals surface area contributed by atoms with Crippen molar-refractivity contribution in [3.63, 3.8) is 0 Å². The Bertz CT molecular complexity index is 911. The molecule has 0 aliphatic rings. The Morgan fingerprint density at radius 3 is 1.86 bits per heavy atom. The molecule has 0 aliphatic heterocycles. The average Bonchev–Trinajstić information content (AvgIpc) is 2.63. The average molecular weight is 406 g/mol. The third-order valence-corrected chi connectivity index (χ3v) is 3.19. The first-order chi connectivity index (χ1) is 13.0. The second kappa shape index (κ2) is 10.1. The summed E-state index contributed by atoms with van der Waals surface area (Å²) in [6.45, 7) is 0. The molecule has 28 heavy (non-hydrogen) atoms. The van der Waals surface area contributed by atoms with E-state index in [1.807, 2.05) is 0 Å². The molecule has 2 aromatic rings. The van der Waals surface area contributed by atoms with Crippen molar-refractivity contribution in [3.05, 3.63) is 76.4 Å². The first kappa shape index (κ1) is 22.7. The molecule has 0 heterocycles. The smallest absolute Gasteiger partial charge is 0.328 e. The van der Waals surface area contributed by atoms with Crippen LogP contribution in [0, 0.1) is 34.9 Å². The van der Waals surface area contributed by atoms with Crippen LogP contribution in [0.3, 0.4) is 0 Å². The predicted molar refractivity (Wildman–Crippen MR) is 85.3 cm³/mol. The van der Waals surface area contributed by atoms with Gasteiger partial charge in [0.15, 0.2) is 34.9 Å². The van der Waals surface area contributed by atoms with Gasteiger partial charge in [0.25, 0.3) is 0 Å². The zero-order valence-electron chi connectivity index (χ0n) is 13.9. The second-order valence-corrected chi connectivity index (χ2v) is 5.16. The number of aliphatic carboxylic acids is 2. The lowest BCUT2D eigenvalue weighted by atomic mass is 10.1. The molecule has 0 aliphatic carbocycles. The summed E-state index contributed by atoms with van der Waals surface area (Å²) in [6.07, 6.45) is 1.01. The summed E-state index contributed by atoms with van der Waals surface area (Å²) in [5.41, 5.74) is -0.447. The van der Waals surface area contributed by atoms with E-state index in [9.17, 15) is 35.9 Å². The second-order valence-electron chi connectivity index (χ2n) is 5.16. The van der Waals surface area contributed by atoms with Gasteiger partial charge in [0, 0.05) is 18.1 Å². The largest absolute Gasteiger partial charge is 0.481 e. The van der Waals surface area contributed by atoms with Crippen LogP contribution in [-0.2, 0) is 16.0 Å². The SMILES string of the molecule is O=C(O)C=Cc1ccc(F)c(F)c1F.O=C(O)CCc1ccc(F)c(F)c1F. The molecule has 0 radical (unpaired) electrons. The molecule has 2 N–H and O–H groups in total. The summed E-state index contributed by atoms with van der Waals surface area (Å²) in [5, 5.41) is 16.5. The molecule has 0 aromatic heterocycles. The van der Waals surface area contributed by atoms with E-state index in [-0.39, 0.29) is 24.0 Å². The monoisotopic (exact) mass is 406 g/mol. The van der Waals surface area contributed by atoms with Crippen molar-refractivity contribution in [2.75, 3.05) is 0 Å². The molecule has 10 heteroatoms. The van der Waals surface area contributed by atoms with E-state index in [2.05, 4.69) is 0 Å². The van der Waals surface area contributed by atoms with E-state index in [1.54, 1.807) is 0 Å². The lowest BCUT2D eigenvalue weighted by molar-refractivity contribution is -0.137. The fourth-order valence-electron chi connectivity index (χ4n) is 1.83. The number of hydrogen-bond acceptors (Lipinski definition) is 2. The van der Waals surface area contributed by atoms with Crippen molar-refractivity contribution in [2.45, 2.75) is 12.8 Å². The van der Waals surface area contributed by atoms with Gasteiger partial charge in [0.05, 0.1) is 0 Å². The van der Waals surface area contributed by atoms with Crippen molar-refractivity contribution < 1.29 is 46.1 Å². The van der Waals surface area contributed by atoms with Gasteiger partial charge in [-0.15, -0.1) is 0 Å². The highest BCUT2D eigenvalue weighted by Crippen LogP contribution is 2.17. The van der Waals surface area contributed by atoms with Crippen LogP contribution in [0.2, 0.25) is 0 Å². The van der Waals surface area contributed by atoms with Crippen LogP contribution in [0.25, 0.3) is 6.08 Å². The third-order valence-electron chi connectivity index (χ3n) is 3.19. The van der Waals surface area contributed by atoms with Crippen LogP contribution < -0.4 is 0 Å². The molecular weight excluding hydrogens is 394 g/mol. The lowest BCUT2D eigenvalue weighted by Crippen LogP contribution is -2.02. The van der Waals surface area contributed by atoms with E-state index in [0.29, 0.717) is 6.08 Å². The topological polar surface area (TPSA) is 74.6 Å². The van der Waals surface area contributed by atoms with Gasteiger partial charge in [-0.25, -0.2) is 31.1 Å². The number of carbonyl (C=O) groups is 2. The molecule has 0 fully saturated rings. The number of aryl methyl sites for hydroxylation is 1. The van der Waals surface area contributed by atoms with E-state index in [1.165, 1.54) is 0 Å². The minimum atomic E-state index is -1.61. The van der Waals surface area contributed by atoms with Crippen LogP contribution >= 0.6 is 0 Å². The van der Waals surface area contributed by atoms with E-state index in [0.717, 1.165) is 30.3 Å². The molecule has 4 nitrogen and oxygen atoms in total. The number of carboxylic acid groups (broad SMARTS) is 2. The molecule has 2 aromatic carbocycles. The van der Waals surface area contributed by atoms with Gasteiger partial charge in [-0.3, -0.25) is 4.79 Å². The van der Waals surface area contributed by atoms with E-state index < -0.39 is 46.8 Å². The molecule has 150 valence electrons. The predicted octanol–water partition coefficient (Wildman–Crippen LogP) is 4.32. The Labute approximate surface area is 154 Å². The molecule has 0 bridgehead atoms. The molecule has 0 amide bonds. The molecule has 0 atom stereocenters. The Kier molecular flexibility index (Phi) is 8.24. The van der Waals surface area contributed by atoms with Gasteiger partial charge in [0.2, 0.25) is 0 Å². The van der Waals surface area contributed by atoms with Gasteiger partial charge >= 0.3 is 11.9 Å². The first-order valence-electron chi connectivity index (χ1n) is 7.43. The fraction of sp³-hybridized carbons (Fsp3) is 0.111. The van der Waals surface area contributed by atoms with Gasteiger partial charge in [-0.2, -0.15) is 0 Å². The van der Waals surface area contributed by atoms with Crippen LogP contribution in [0.5, 0.6) is 0 Å². The Hall–Kier alpha value is -3.30. The van der Waals surface area contributed by atoms with Crippen molar-refractivity contribution in [3.8, 4) is 0 Å². The summed E-state index contributed by atoms with van der Waals surface area (Å²) >= 11 is 0. The third kappa shape index (κ3) is 6.45. The summed E-state index contributed by atoms with van der Waals surface area (Å²) < 4.78 is 75.8. The molecule has 0 saturated heterocycles. The van der Waals surface area contributed by atoms with E-state index >= 15 is 0 Å². The Balaban J connectivity index is 0.000000280.